The molecule has 0 fully saturated rings. The quantitative estimate of drug-likeness (QED) is 0.306. The average molecular weight is 359 g/mol. The van der Waals surface area contributed by atoms with Crippen LogP contribution in [0.3, 0.4) is 0 Å². The van der Waals surface area contributed by atoms with Crippen molar-refractivity contribution >= 4 is 15.9 Å². The van der Waals surface area contributed by atoms with Gasteiger partial charge in [0, 0.05) is 10.5 Å². The van der Waals surface area contributed by atoms with E-state index in [9.17, 15) is 4.39 Å². The molecular weight excluding hydrogens is 331 g/mol. The SMILES string of the molecule is CCCCCCCCCCC(NN)c1cc(F)ccc1Br. The summed E-state index contributed by atoms with van der Waals surface area (Å²) in [6.45, 7) is 2.24. The van der Waals surface area contributed by atoms with Crippen LogP contribution in [0, 0.1) is 5.82 Å². The largest absolute Gasteiger partial charge is 0.271 e. The van der Waals surface area contributed by atoms with Crippen molar-refractivity contribution in [2.75, 3.05) is 0 Å². The molecule has 1 aromatic carbocycles. The van der Waals surface area contributed by atoms with Crippen LogP contribution in [0.1, 0.15) is 76.3 Å². The summed E-state index contributed by atoms with van der Waals surface area (Å²) in [7, 11) is 0. The molecule has 1 aromatic rings. The van der Waals surface area contributed by atoms with Crippen molar-refractivity contribution in [3.8, 4) is 0 Å². The van der Waals surface area contributed by atoms with E-state index in [-0.39, 0.29) is 11.9 Å². The van der Waals surface area contributed by atoms with E-state index in [2.05, 4.69) is 28.3 Å². The minimum absolute atomic E-state index is 0.00941. The maximum absolute atomic E-state index is 13.3. The van der Waals surface area contributed by atoms with E-state index in [1.54, 1.807) is 12.1 Å². The normalized spacial score (nSPS) is 12.6. The molecular formula is C17H28BrFN2. The molecule has 0 heterocycles. The molecule has 1 atom stereocenters. The molecule has 0 saturated heterocycles. The molecule has 3 N–H and O–H groups in total. The Bertz CT molecular complexity index is 398. The van der Waals surface area contributed by atoms with E-state index >= 15 is 0 Å². The van der Waals surface area contributed by atoms with Gasteiger partial charge in [-0.25, -0.2) is 4.39 Å². The zero-order valence-electron chi connectivity index (χ0n) is 13.0. The van der Waals surface area contributed by atoms with Crippen LogP contribution in [0.25, 0.3) is 0 Å². The summed E-state index contributed by atoms with van der Waals surface area (Å²) in [5, 5.41) is 0. The summed E-state index contributed by atoms with van der Waals surface area (Å²) < 4.78 is 14.3. The van der Waals surface area contributed by atoms with E-state index in [1.165, 1.54) is 51.0 Å². The molecule has 0 spiro atoms. The molecule has 0 aliphatic heterocycles. The van der Waals surface area contributed by atoms with Crippen LogP contribution in [-0.4, -0.2) is 0 Å². The average Bonchev–Trinajstić information content (AvgIpc) is 2.49. The van der Waals surface area contributed by atoms with Crippen LogP contribution < -0.4 is 11.3 Å². The van der Waals surface area contributed by atoms with Crippen LogP contribution in [0.2, 0.25) is 0 Å². The van der Waals surface area contributed by atoms with E-state index < -0.39 is 0 Å². The van der Waals surface area contributed by atoms with Gasteiger partial charge in [-0.15, -0.1) is 0 Å². The fraction of sp³-hybridized carbons (Fsp3) is 0.647. The van der Waals surface area contributed by atoms with Crippen molar-refractivity contribution < 1.29 is 4.39 Å². The molecule has 2 nitrogen and oxygen atoms in total. The predicted molar refractivity (Wildman–Crippen MR) is 91.4 cm³/mol. The molecule has 0 aromatic heterocycles. The van der Waals surface area contributed by atoms with Crippen LogP contribution in [-0.2, 0) is 0 Å². The Morgan fingerprint density at radius 2 is 1.71 bits per heavy atom. The lowest BCUT2D eigenvalue weighted by molar-refractivity contribution is 0.471. The topological polar surface area (TPSA) is 38.0 Å². The monoisotopic (exact) mass is 358 g/mol. The Morgan fingerprint density at radius 1 is 1.10 bits per heavy atom. The van der Waals surface area contributed by atoms with Crippen LogP contribution >= 0.6 is 15.9 Å². The molecule has 0 bridgehead atoms. The summed E-state index contributed by atoms with van der Waals surface area (Å²) in [5.74, 6) is 5.41. The lowest BCUT2D eigenvalue weighted by atomic mass is 10.00. The van der Waals surface area contributed by atoms with Crippen molar-refractivity contribution in [2.24, 2.45) is 5.84 Å². The first-order valence-corrected chi connectivity index (χ1v) is 8.89. The number of halogens is 2. The van der Waals surface area contributed by atoms with Gasteiger partial charge in [-0.05, 0) is 30.2 Å². The summed E-state index contributed by atoms with van der Waals surface area (Å²) >= 11 is 3.47. The molecule has 4 heteroatoms. The van der Waals surface area contributed by atoms with Crippen molar-refractivity contribution in [1.29, 1.82) is 0 Å². The lowest BCUT2D eigenvalue weighted by Gasteiger charge is -2.18. The highest BCUT2D eigenvalue weighted by atomic mass is 79.9. The molecule has 0 amide bonds. The van der Waals surface area contributed by atoms with Gasteiger partial charge in [0.15, 0.2) is 0 Å². The first-order valence-electron chi connectivity index (χ1n) is 8.10. The van der Waals surface area contributed by atoms with Gasteiger partial charge in [-0.2, -0.15) is 0 Å². The van der Waals surface area contributed by atoms with E-state index in [0.717, 1.165) is 22.9 Å². The second-order valence-electron chi connectivity index (χ2n) is 5.65. The first-order chi connectivity index (χ1) is 10.2. The Labute approximate surface area is 136 Å². The zero-order valence-corrected chi connectivity index (χ0v) is 14.6. The van der Waals surface area contributed by atoms with Gasteiger partial charge in [0.2, 0.25) is 0 Å². The summed E-state index contributed by atoms with van der Waals surface area (Å²) in [5.41, 5.74) is 3.71. The fourth-order valence-corrected chi connectivity index (χ4v) is 3.12. The highest BCUT2D eigenvalue weighted by Crippen LogP contribution is 2.27. The maximum atomic E-state index is 13.3. The van der Waals surface area contributed by atoms with Gasteiger partial charge in [-0.1, -0.05) is 74.2 Å². The van der Waals surface area contributed by atoms with Crippen LogP contribution in [0.5, 0.6) is 0 Å². The zero-order chi connectivity index (χ0) is 15.5. The number of hydrazine groups is 1. The van der Waals surface area contributed by atoms with Gasteiger partial charge in [0.05, 0.1) is 0 Å². The van der Waals surface area contributed by atoms with Crippen molar-refractivity contribution in [1.82, 2.24) is 5.43 Å². The number of unbranched alkanes of at least 4 members (excludes halogenated alkanes) is 7. The second kappa shape index (κ2) is 11.2. The number of hydrogen-bond donors (Lipinski definition) is 2. The summed E-state index contributed by atoms with van der Waals surface area (Å²) in [6, 6.07) is 4.76. The van der Waals surface area contributed by atoms with Gasteiger partial charge >= 0.3 is 0 Å². The standard InChI is InChI=1S/C17H28BrFN2/c1-2-3-4-5-6-7-8-9-10-17(21-20)15-13-14(19)11-12-16(15)18/h11-13,17,21H,2-10,20H2,1H3. The van der Waals surface area contributed by atoms with Gasteiger partial charge in [0.25, 0.3) is 0 Å². The molecule has 1 rings (SSSR count). The maximum Gasteiger partial charge on any atom is 0.123 e. The fourth-order valence-electron chi connectivity index (χ4n) is 2.59. The Balaban J connectivity index is 2.27. The minimum Gasteiger partial charge on any atom is -0.271 e. The van der Waals surface area contributed by atoms with Gasteiger partial charge < -0.3 is 0 Å². The molecule has 0 radical (unpaired) electrons. The van der Waals surface area contributed by atoms with Crippen LogP contribution in [0.4, 0.5) is 4.39 Å². The first kappa shape index (κ1) is 18.6. The highest BCUT2D eigenvalue weighted by Gasteiger charge is 2.13. The van der Waals surface area contributed by atoms with Crippen molar-refractivity contribution in [2.45, 2.75) is 70.8 Å². The van der Waals surface area contributed by atoms with Crippen molar-refractivity contribution in [3.63, 3.8) is 0 Å². The number of nitrogens with one attached hydrogen (secondary N) is 1. The molecule has 0 saturated carbocycles. The molecule has 0 aliphatic rings. The number of hydrogen-bond acceptors (Lipinski definition) is 2. The van der Waals surface area contributed by atoms with E-state index in [4.69, 9.17) is 5.84 Å². The predicted octanol–water partition coefficient (Wildman–Crippen LogP) is 5.62. The lowest BCUT2D eigenvalue weighted by Crippen LogP contribution is -2.28. The Kier molecular flexibility index (Phi) is 9.89. The molecule has 0 aliphatic carbocycles. The minimum atomic E-state index is -0.218. The highest BCUT2D eigenvalue weighted by molar-refractivity contribution is 9.10. The summed E-state index contributed by atoms with van der Waals surface area (Å²) in [4.78, 5) is 0. The molecule has 120 valence electrons. The van der Waals surface area contributed by atoms with Gasteiger partial charge in [-0.3, -0.25) is 11.3 Å². The third kappa shape index (κ3) is 7.39. The smallest absolute Gasteiger partial charge is 0.123 e. The molecule has 1 unspecified atom stereocenters. The van der Waals surface area contributed by atoms with E-state index in [1.807, 2.05) is 0 Å². The number of benzene rings is 1. The van der Waals surface area contributed by atoms with Crippen LogP contribution in [0.15, 0.2) is 22.7 Å². The Hall–Kier alpha value is -0.450. The third-order valence-electron chi connectivity index (χ3n) is 3.88. The van der Waals surface area contributed by atoms with Gasteiger partial charge in [0.1, 0.15) is 5.82 Å². The Morgan fingerprint density at radius 3 is 2.33 bits per heavy atom. The van der Waals surface area contributed by atoms with Crippen molar-refractivity contribution in [3.05, 3.63) is 34.1 Å². The second-order valence-corrected chi connectivity index (χ2v) is 6.50. The number of nitrogens with two attached hydrogens (primary N) is 1. The summed E-state index contributed by atoms with van der Waals surface area (Å²) in [6.07, 6.45) is 11.2. The molecule has 21 heavy (non-hydrogen) atoms. The van der Waals surface area contributed by atoms with E-state index in [0.29, 0.717) is 0 Å². The third-order valence-corrected chi connectivity index (χ3v) is 4.60. The number of rotatable bonds is 11.